The van der Waals surface area contributed by atoms with Gasteiger partial charge in [-0.1, -0.05) is 12.1 Å². The van der Waals surface area contributed by atoms with Gasteiger partial charge >= 0.3 is 18.4 Å². The van der Waals surface area contributed by atoms with Gasteiger partial charge in [-0.2, -0.15) is 31.4 Å². The molecule has 9 nitrogen and oxygen atoms in total. The van der Waals surface area contributed by atoms with Crippen LogP contribution in [0.3, 0.4) is 0 Å². The van der Waals surface area contributed by atoms with E-state index in [9.17, 15) is 45.8 Å². The Bertz CT molecular complexity index is 1600. The molecule has 2 aliphatic heterocycles. The van der Waals surface area contributed by atoms with Crippen LogP contribution in [0, 0.1) is 0 Å². The molecular weight excluding hydrogens is 594 g/mol. The summed E-state index contributed by atoms with van der Waals surface area (Å²) in [5, 5.41) is 13.2. The first kappa shape index (κ1) is 29.4. The first-order valence-corrected chi connectivity index (χ1v) is 13.1. The summed E-state index contributed by atoms with van der Waals surface area (Å²) in [5.74, 6) is -0.584. The van der Waals surface area contributed by atoms with E-state index < -0.39 is 58.9 Å². The van der Waals surface area contributed by atoms with E-state index in [4.69, 9.17) is 4.74 Å². The number of carbonyl (C=O) groups is 3. The average molecular weight is 615 g/mol. The normalized spacial score (nSPS) is 19.4. The first-order valence-electron chi connectivity index (χ1n) is 12.3. The number of amides is 3. The molecule has 3 heterocycles. The van der Waals surface area contributed by atoms with E-state index in [0.717, 1.165) is 15.9 Å². The maximum absolute atomic E-state index is 13.6. The molecule has 3 aromatic rings. The van der Waals surface area contributed by atoms with Crippen molar-refractivity contribution in [1.29, 1.82) is 0 Å². The molecule has 16 heteroatoms. The Kier molecular flexibility index (Phi) is 7.70. The van der Waals surface area contributed by atoms with Crippen molar-refractivity contribution in [2.24, 2.45) is 0 Å². The summed E-state index contributed by atoms with van der Waals surface area (Å²) in [6, 6.07) is 6.13. The van der Waals surface area contributed by atoms with Crippen molar-refractivity contribution in [3.8, 4) is 0 Å². The van der Waals surface area contributed by atoms with Crippen LogP contribution in [0.25, 0.3) is 17.0 Å². The lowest BCUT2D eigenvalue weighted by atomic mass is 10.0. The minimum absolute atomic E-state index is 0.00764. The zero-order valence-corrected chi connectivity index (χ0v) is 22.1. The third-order valence-corrected chi connectivity index (χ3v) is 7.60. The van der Waals surface area contributed by atoms with Crippen LogP contribution in [0.15, 0.2) is 47.5 Å². The maximum atomic E-state index is 13.6. The second kappa shape index (κ2) is 11.0. The largest absolute Gasteiger partial charge is 0.465 e. The van der Waals surface area contributed by atoms with Crippen LogP contribution in [0.4, 0.5) is 35.9 Å². The van der Waals surface area contributed by atoms with Gasteiger partial charge in [-0.25, -0.2) is 4.79 Å². The van der Waals surface area contributed by atoms with Crippen LogP contribution in [0.2, 0.25) is 0 Å². The number of thioether (sulfide) groups is 1. The summed E-state index contributed by atoms with van der Waals surface area (Å²) < 4.78 is 86.5. The fourth-order valence-electron chi connectivity index (χ4n) is 4.65. The number of carbonyl (C=O) groups excluding carboxylic acids is 2. The molecule has 2 saturated heterocycles. The third kappa shape index (κ3) is 6.09. The van der Waals surface area contributed by atoms with E-state index in [1.807, 2.05) is 0 Å². The Hall–Kier alpha value is -4.05. The van der Waals surface area contributed by atoms with Gasteiger partial charge in [0.05, 0.1) is 60.1 Å². The Morgan fingerprint density at radius 1 is 1.10 bits per heavy atom. The summed E-state index contributed by atoms with van der Waals surface area (Å²) in [4.78, 5) is 38.9. The monoisotopic (exact) mass is 614 g/mol. The van der Waals surface area contributed by atoms with Crippen molar-refractivity contribution in [1.82, 2.24) is 19.6 Å². The second-order valence-corrected chi connectivity index (χ2v) is 10.5. The van der Waals surface area contributed by atoms with Crippen molar-refractivity contribution in [3.63, 3.8) is 0 Å². The zero-order valence-electron chi connectivity index (χ0n) is 21.3. The molecule has 2 aliphatic rings. The molecule has 3 amide bonds. The lowest BCUT2D eigenvalue weighted by Crippen LogP contribution is -2.50. The zero-order chi connectivity index (χ0) is 30.4. The molecular formula is C26H20F6N4O5S. The standard InChI is InChI=1S/C26H20F6N4O5S/c27-25(28,29)17-3-2-15(19(9-17)26(30,31)32)11-36-20-4-1-14(7-16(20)10-33-36)8-21-22(37)35(24(40)42-21)13-18-12-34(23(38)39)5-6-41-18/h1-4,7-10,18H,5-6,11-13H2,(H,38,39)/b21-8-/t18-/m0/s1. The highest BCUT2D eigenvalue weighted by Crippen LogP contribution is 2.38. The summed E-state index contributed by atoms with van der Waals surface area (Å²) in [6.45, 7) is -0.250. The van der Waals surface area contributed by atoms with E-state index in [-0.39, 0.29) is 37.2 Å². The molecule has 0 saturated carbocycles. The molecule has 1 N–H and O–H groups in total. The van der Waals surface area contributed by atoms with Crippen LogP contribution in [-0.2, 0) is 28.4 Å². The fourth-order valence-corrected chi connectivity index (χ4v) is 5.50. The lowest BCUT2D eigenvalue weighted by molar-refractivity contribution is -0.143. The number of hydrogen-bond acceptors (Lipinski definition) is 6. The predicted molar refractivity (Wildman–Crippen MR) is 137 cm³/mol. The molecule has 1 atom stereocenters. The summed E-state index contributed by atoms with van der Waals surface area (Å²) in [5.41, 5.74) is -2.34. The van der Waals surface area contributed by atoms with Gasteiger partial charge in [-0.15, -0.1) is 0 Å². The smallest absolute Gasteiger partial charge is 0.416 e. The number of nitrogens with zero attached hydrogens (tertiary/aromatic N) is 4. The molecule has 0 radical (unpaired) electrons. The van der Waals surface area contributed by atoms with Gasteiger partial charge in [0.25, 0.3) is 11.1 Å². The predicted octanol–water partition coefficient (Wildman–Crippen LogP) is 5.54. The summed E-state index contributed by atoms with van der Waals surface area (Å²) in [6.07, 6.45) is -8.93. The SMILES string of the molecule is O=C(O)N1CCO[C@H](CN2C(=O)S/C(=C\c3ccc4c(cnn4Cc4ccc(C(F)(F)F)cc4C(F)(F)F)c3)C2=O)C1. The van der Waals surface area contributed by atoms with Crippen molar-refractivity contribution in [2.45, 2.75) is 25.0 Å². The number of alkyl halides is 6. The number of carboxylic acid groups (broad SMARTS) is 1. The minimum atomic E-state index is -5.02. The number of morpholine rings is 1. The molecule has 222 valence electrons. The van der Waals surface area contributed by atoms with E-state index >= 15 is 0 Å². The van der Waals surface area contributed by atoms with Crippen LogP contribution in [0.1, 0.15) is 22.3 Å². The highest BCUT2D eigenvalue weighted by Gasteiger charge is 2.39. The summed E-state index contributed by atoms with van der Waals surface area (Å²) in [7, 11) is 0. The van der Waals surface area contributed by atoms with Crippen molar-refractivity contribution in [3.05, 3.63) is 69.8 Å². The molecule has 1 aromatic heterocycles. The quantitative estimate of drug-likeness (QED) is 0.297. The summed E-state index contributed by atoms with van der Waals surface area (Å²) >= 11 is 0.697. The van der Waals surface area contributed by atoms with Crippen LogP contribution >= 0.6 is 11.8 Å². The maximum Gasteiger partial charge on any atom is 0.416 e. The van der Waals surface area contributed by atoms with Gasteiger partial charge in [0, 0.05) is 11.9 Å². The lowest BCUT2D eigenvalue weighted by Gasteiger charge is -2.32. The van der Waals surface area contributed by atoms with Gasteiger partial charge in [0.2, 0.25) is 0 Å². The number of fused-ring (bicyclic) bond motifs is 1. The Balaban J connectivity index is 1.34. The van der Waals surface area contributed by atoms with E-state index in [0.29, 0.717) is 34.3 Å². The Labute approximate surface area is 237 Å². The Morgan fingerprint density at radius 3 is 2.55 bits per heavy atom. The van der Waals surface area contributed by atoms with Crippen LogP contribution < -0.4 is 0 Å². The molecule has 2 aromatic carbocycles. The molecule has 5 rings (SSSR count). The number of rotatable bonds is 5. The van der Waals surface area contributed by atoms with Crippen LogP contribution in [-0.4, -0.2) is 74.3 Å². The number of imide groups is 1. The van der Waals surface area contributed by atoms with Gasteiger partial charge in [0.1, 0.15) is 0 Å². The van der Waals surface area contributed by atoms with Crippen molar-refractivity contribution < 1.29 is 50.6 Å². The van der Waals surface area contributed by atoms with Crippen molar-refractivity contribution in [2.75, 3.05) is 26.2 Å². The van der Waals surface area contributed by atoms with Gasteiger partial charge < -0.3 is 14.7 Å². The third-order valence-electron chi connectivity index (χ3n) is 6.70. The number of benzene rings is 2. The highest BCUT2D eigenvalue weighted by atomic mass is 32.2. The Morgan fingerprint density at radius 2 is 1.86 bits per heavy atom. The highest BCUT2D eigenvalue weighted by molar-refractivity contribution is 8.18. The first-order chi connectivity index (χ1) is 19.7. The average Bonchev–Trinajstić information content (AvgIpc) is 3.42. The van der Waals surface area contributed by atoms with Gasteiger partial charge in [-0.3, -0.25) is 19.2 Å². The van der Waals surface area contributed by atoms with E-state index in [1.165, 1.54) is 23.0 Å². The van der Waals surface area contributed by atoms with Gasteiger partial charge in [-0.05, 0) is 53.2 Å². The molecule has 0 unspecified atom stereocenters. The molecule has 0 bridgehead atoms. The molecule has 2 fully saturated rings. The molecule has 0 aliphatic carbocycles. The van der Waals surface area contributed by atoms with E-state index in [2.05, 4.69) is 5.10 Å². The number of aromatic nitrogens is 2. The van der Waals surface area contributed by atoms with Crippen molar-refractivity contribution >= 4 is 46.0 Å². The van der Waals surface area contributed by atoms with Crippen LogP contribution in [0.5, 0.6) is 0 Å². The van der Waals surface area contributed by atoms with Gasteiger partial charge in [0.15, 0.2) is 0 Å². The topological polar surface area (TPSA) is 105 Å². The number of halogens is 6. The number of hydrogen-bond donors (Lipinski definition) is 1. The minimum Gasteiger partial charge on any atom is -0.465 e. The second-order valence-electron chi connectivity index (χ2n) is 9.50. The molecule has 42 heavy (non-hydrogen) atoms. The molecule has 0 spiro atoms. The van der Waals surface area contributed by atoms with E-state index in [1.54, 1.807) is 12.1 Å². The fraction of sp³-hybridized carbons (Fsp3) is 0.308. The number of ether oxygens (including phenoxy) is 1.